The molecule has 0 aliphatic carbocycles. The number of amides is 2. The van der Waals surface area contributed by atoms with Crippen LogP contribution in [-0.4, -0.2) is 73.7 Å². The highest BCUT2D eigenvalue weighted by atomic mass is 32.2. The molecule has 16 nitrogen and oxygen atoms in total. The maximum atomic E-state index is 13.0. The van der Waals surface area contributed by atoms with E-state index >= 15 is 0 Å². The number of carbonyl (C=O) groups excluding carboxylic acids is 2. The minimum absolute atomic E-state index is 0.0159. The lowest BCUT2D eigenvalue weighted by atomic mass is 9.93. The Kier molecular flexibility index (Phi) is 7.11. The zero-order valence-electron chi connectivity index (χ0n) is 18.2. The summed E-state index contributed by atoms with van der Waals surface area (Å²) < 4.78 is 38.0. The van der Waals surface area contributed by atoms with Gasteiger partial charge in [-0.05, 0) is 13.8 Å². The van der Waals surface area contributed by atoms with Crippen molar-refractivity contribution in [3.63, 3.8) is 0 Å². The van der Waals surface area contributed by atoms with Crippen molar-refractivity contribution in [3.8, 4) is 0 Å². The van der Waals surface area contributed by atoms with Crippen molar-refractivity contribution >= 4 is 50.3 Å². The van der Waals surface area contributed by atoms with Crippen LogP contribution in [0.5, 0.6) is 0 Å². The van der Waals surface area contributed by atoms with Crippen LogP contribution < -0.4 is 16.8 Å². The number of aliphatic carboxylic acids is 1. The van der Waals surface area contributed by atoms with Gasteiger partial charge >= 0.3 is 16.3 Å². The van der Waals surface area contributed by atoms with Crippen LogP contribution in [0.1, 0.15) is 31.0 Å². The summed E-state index contributed by atoms with van der Waals surface area (Å²) in [6, 6.07) is -1.28. The van der Waals surface area contributed by atoms with Gasteiger partial charge in [-0.15, -0.1) is 11.3 Å². The summed E-state index contributed by atoms with van der Waals surface area (Å²) in [6.07, 6.45) is -0.224. The van der Waals surface area contributed by atoms with Gasteiger partial charge in [0.2, 0.25) is 5.60 Å². The molecule has 3 heterocycles. The summed E-state index contributed by atoms with van der Waals surface area (Å²) in [5.41, 5.74) is 8.85. The van der Waals surface area contributed by atoms with E-state index in [1.54, 1.807) is 0 Å². The molecule has 0 saturated carbocycles. The van der Waals surface area contributed by atoms with Crippen molar-refractivity contribution in [1.29, 1.82) is 0 Å². The fourth-order valence-electron chi connectivity index (χ4n) is 2.93. The number of hydrogen-bond acceptors (Lipinski definition) is 13. The minimum atomic E-state index is -4.96. The number of anilines is 1. The number of nitrogens with one attached hydrogen (secondary N) is 1. The predicted molar refractivity (Wildman–Crippen MR) is 118 cm³/mol. The molecule has 1 aliphatic heterocycles. The molecule has 0 bridgehead atoms. The Bertz CT molecular complexity index is 1280. The van der Waals surface area contributed by atoms with Crippen LogP contribution in [0, 0.1) is 0 Å². The van der Waals surface area contributed by atoms with Gasteiger partial charge in [0.1, 0.15) is 11.7 Å². The molecule has 2 atom stereocenters. The van der Waals surface area contributed by atoms with Gasteiger partial charge in [-0.3, -0.25) is 14.1 Å². The third-order valence-electron chi connectivity index (χ3n) is 4.79. The normalized spacial score (nSPS) is 18.8. The van der Waals surface area contributed by atoms with E-state index in [0.717, 1.165) is 11.3 Å². The average Bonchev–Trinajstić information content (AvgIpc) is 3.39. The van der Waals surface area contributed by atoms with Gasteiger partial charge in [0, 0.05) is 17.9 Å². The SMILES string of the molecule is CC(C)(ON=C(C(=O)N[C@@H]1C(=O)N(S(=O)(=O)O)[C@H]1Cc1cc(CN)on1)c1csc(N)n1)C(=O)O. The van der Waals surface area contributed by atoms with Crippen molar-refractivity contribution in [1.82, 2.24) is 19.8 Å². The number of rotatable bonds is 10. The third-order valence-corrected chi connectivity index (χ3v) is 6.41. The molecule has 1 saturated heterocycles. The van der Waals surface area contributed by atoms with Crippen molar-refractivity contribution in [2.24, 2.45) is 10.9 Å². The zero-order valence-corrected chi connectivity index (χ0v) is 19.9. The quantitative estimate of drug-likeness (QED) is 0.101. The van der Waals surface area contributed by atoms with Crippen LogP contribution in [0.15, 0.2) is 21.1 Å². The van der Waals surface area contributed by atoms with Crippen molar-refractivity contribution in [3.05, 3.63) is 28.6 Å². The number of aromatic nitrogens is 2. The number of nitrogen functional groups attached to an aromatic ring is 1. The number of β-lactam (4-membered cyclic amide) rings is 1. The second kappa shape index (κ2) is 9.56. The number of hydrogen-bond donors (Lipinski definition) is 5. The Hall–Kier alpha value is -3.61. The molecule has 190 valence electrons. The first-order valence-electron chi connectivity index (χ1n) is 9.71. The van der Waals surface area contributed by atoms with E-state index in [4.69, 9.17) is 20.8 Å². The van der Waals surface area contributed by atoms with Gasteiger partial charge in [0.15, 0.2) is 16.6 Å². The van der Waals surface area contributed by atoms with Crippen LogP contribution in [0.3, 0.4) is 0 Å². The first kappa shape index (κ1) is 26.0. The highest BCUT2D eigenvalue weighted by molar-refractivity contribution is 7.84. The van der Waals surface area contributed by atoms with E-state index in [9.17, 15) is 32.5 Å². The van der Waals surface area contributed by atoms with Gasteiger partial charge in [0.05, 0.1) is 18.3 Å². The van der Waals surface area contributed by atoms with Crippen LogP contribution in [0.2, 0.25) is 0 Å². The summed E-state index contributed by atoms with van der Waals surface area (Å²) in [5.74, 6) is -3.25. The topological polar surface area (TPSA) is 254 Å². The number of thiazole rings is 1. The van der Waals surface area contributed by atoms with Crippen molar-refractivity contribution in [2.75, 3.05) is 5.73 Å². The number of carboxylic acids is 1. The molecule has 1 aliphatic rings. The van der Waals surface area contributed by atoms with E-state index < -0.39 is 51.5 Å². The molecule has 7 N–H and O–H groups in total. The van der Waals surface area contributed by atoms with Crippen LogP contribution >= 0.6 is 11.3 Å². The van der Waals surface area contributed by atoms with Crippen LogP contribution in [-0.2, 0) is 42.5 Å². The lowest BCUT2D eigenvalue weighted by molar-refractivity contribution is -0.161. The maximum Gasteiger partial charge on any atom is 0.362 e. The van der Waals surface area contributed by atoms with Gasteiger partial charge in [-0.2, -0.15) is 8.42 Å². The minimum Gasteiger partial charge on any atom is -0.478 e. The Morgan fingerprint density at radius 2 is 2.11 bits per heavy atom. The standard InChI is InChI=1S/C17H21N7O9S2/c1-17(2,15(27)28)33-23-11(9-6-34-16(19)20-9)13(25)21-12-10(24(14(12)26)35(29,30)31)4-7-3-8(5-18)32-22-7/h3,6,10,12H,4-5,18H2,1-2H3,(H2,19,20)(H,21,25)(H,27,28)(H,29,30,31)/t10-,12-/m0/s1. The molecular formula is C17H21N7O9S2. The average molecular weight is 532 g/mol. The highest BCUT2D eigenvalue weighted by Gasteiger charge is 2.54. The van der Waals surface area contributed by atoms with Gasteiger partial charge in [0.25, 0.3) is 11.8 Å². The number of carboxylic acid groups (broad SMARTS) is 1. The fraction of sp³-hybridized carbons (Fsp3) is 0.412. The van der Waals surface area contributed by atoms with E-state index in [2.05, 4.69) is 20.6 Å². The second-order valence-corrected chi connectivity index (χ2v) is 9.92. The predicted octanol–water partition coefficient (Wildman–Crippen LogP) is -1.50. The fourth-order valence-corrected chi connectivity index (χ4v) is 4.36. The Labute approximate surface area is 201 Å². The number of carbonyl (C=O) groups is 3. The molecule has 0 aromatic carbocycles. The van der Waals surface area contributed by atoms with Crippen molar-refractivity contribution < 1.29 is 41.8 Å². The molecule has 0 radical (unpaired) electrons. The van der Waals surface area contributed by atoms with E-state index in [1.807, 2.05) is 0 Å². The Morgan fingerprint density at radius 3 is 2.63 bits per heavy atom. The van der Waals surface area contributed by atoms with E-state index in [0.29, 0.717) is 5.76 Å². The molecule has 2 aromatic heterocycles. The van der Waals surface area contributed by atoms with Crippen LogP contribution in [0.4, 0.5) is 5.13 Å². The Morgan fingerprint density at radius 1 is 1.43 bits per heavy atom. The number of oxime groups is 1. The maximum absolute atomic E-state index is 13.0. The van der Waals surface area contributed by atoms with Gasteiger partial charge in [-0.25, -0.2) is 14.1 Å². The number of nitrogens with zero attached hydrogens (tertiary/aromatic N) is 4. The lowest BCUT2D eigenvalue weighted by Gasteiger charge is -2.43. The highest BCUT2D eigenvalue weighted by Crippen LogP contribution is 2.27. The summed E-state index contributed by atoms with van der Waals surface area (Å²) in [5, 5.41) is 20.3. The summed E-state index contributed by atoms with van der Waals surface area (Å²) in [7, 11) is -4.96. The Balaban J connectivity index is 1.89. The zero-order chi connectivity index (χ0) is 26.1. The van der Waals surface area contributed by atoms with Gasteiger partial charge in [-0.1, -0.05) is 10.3 Å². The molecule has 2 aromatic rings. The lowest BCUT2D eigenvalue weighted by Crippen LogP contribution is -2.73. The molecule has 35 heavy (non-hydrogen) atoms. The molecular weight excluding hydrogens is 510 g/mol. The molecule has 0 unspecified atom stereocenters. The summed E-state index contributed by atoms with van der Waals surface area (Å²) in [4.78, 5) is 45.7. The second-order valence-electron chi connectivity index (χ2n) is 7.74. The monoisotopic (exact) mass is 531 g/mol. The largest absolute Gasteiger partial charge is 0.478 e. The van der Waals surface area contributed by atoms with Crippen molar-refractivity contribution in [2.45, 2.75) is 44.5 Å². The van der Waals surface area contributed by atoms with E-state index in [-0.39, 0.29) is 33.8 Å². The molecule has 18 heteroatoms. The third kappa shape index (κ3) is 5.56. The molecule has 2 amide bonds. The molecule has 3 rings (SSSR count). The number of nitrogens with two attached hydrogens (primary N) is 2. The molecule has 0 spiro atoms. The first-order valence-corrected chi connectivity index (χ1v) is 12.0. The summed E-state index contributed by atoms with van der Waals surface area (Å²) in [6.45, 7) is 2.39. The summed E-state index contributed by atoms with van der Waals surface area (Å²) >= 11 is 0.957. The van der Waals surface area contributed by atoms with E-state index in [1.165, 1.54) is 25.3 Å². The first-order chi connectivity index (χ1) is 16.2. The van der Waals surface area contributed by atoms with Crippen LogP contribution in [0.25, 0.3) is 0 Å². The van der Waals surface area contributed by atoms with Gasteiger partial charge < -0.3 is 31.3 Å². The smallest absolute Gasteiger partial charge is 0.362 e. The molecule has 1 fully saturated rings.